The Bertz CT molecular complexity index is 669. The van der Waals surface area contributed by atoms with E-state index in [1.807, 2.05) is 11.4 Å². The molecule has 0 aliphatic rings. The van der Waals surface area contributed by atoms with Crippen LogP contribution in [-0.2, 0) is 5.41 Å². The Morgan fingerprint density at radius 3 is 2.79 bits per heavy atom. The Hall–Kier alpha value is -1.60. The van der Waals surface area contributed by atoms with Gasteiger partial charge >= 0.3 is 6.03 Å². The Morgan fingerprint density at radius 1 is 1.38 bits per heavy atom. The van der Waals surface area contributed by atoms with Crippen LogP contribution < -0.4 is 15.4 Å². The Kier molecular flexibility index (Phi) is 6.62. The summed E-state index contributed by atoms with van der Waals surface area (Å²) in [5.74, 6) is 0.815. The second-order valence-corrected chi connectivity index (χ2v) is 8.06. The molecule has 5 nitrogen and oxygen atoms in total. The molecule has 0 aliphatic carbocycles. The van der Waals surface area contributed by atoms with Gasteiger partial charge in [-0.15, -0.1) is 11.3 Å². The highest BCUT2D eigenvalue weighted by molar-refractivity contribution is 9.10. The molecule has 0 spiro atoms. The van der Waals surface area contributed by atoms with Gasteiger partial charge in [0.1, 0.15) is 5.75 Å². The molecule has 0 saturated carbocycles. The van der Waals surface area contributed by atoms with E-state index < -0.39 is 0 Å². The van der Waals surface area contributed by atoms with Gasteiger partial charge < -0.3 is 10.1 Å². The molecule has 2 N–H and O–H groups in total. The lowest BCUT2D eigenvalue weighted by atomic mass is 9.87. The number of hydrogen-bond donors (Lipinski definition) is 2. The van der Waals surface area contributed by atoms with Gasteiger partial charge in [-0.1, -0.05) is 26.8 Å². The highest BCUT2D eigenvalue weighted by Crippen LogP contribution is 2.31. The zero-order valence-corrected chi connectivity index (χ0v) is 16.5. The fourth-order valence-electron chi connectivity index (χ4n) is 1.97. The van der Waals surface area contributed by atoms with Crippen LogP contribution in [0.25, 0.3) is 0 Å². The average Bonchev–Trinajstić information content (AvgIpc) is 3.00. The molecule has 0 fully saturated rings. The SMILES string of the molecule is CC(C)(C)c1ccc(OCCCNC(=O)Nc2nccs2)c(Br)c1. The van der Waals surface area contributed by atoms with Crippen LogP contribution in [0, 0.1) is 0 Å². The minimum absolute atomic E-state index is 0.107. The first kappa shape index (κ1) is 18.7. The molecule has 24 heavy (non-hydrogen) atoms. The van der Waals surface area contributed by atoms with Crippen LogP contribution in [0.5, 0.6) is 5.75 Å². The van der Waals surface area contributed by atoms with Crippen LogP contribution in [0.2, 0.25) is 0 Å². The number of amides is 2. The van der Waals surface area contributed by atoms with Gasteiger partial charge in [0.2, 0.25) is 0 Å². The molecular formula is C17H22BrN3O2S. The van der Waals surface area contributed by atoms with Crippen LogP contribution in [0.15, 0.2) is 34.2 Å². The molecule has 2 rings (SSSR count). The number of benzene rings is 1. The fraction of sp³-hybridized carbons (Fsp3) is 0.412. The summed E-state index contributed by atoms with van der Waals surface area (Å²) in [6.45, 7) is 7.60. The van der Waals surface area contributed by atoms with Gasteiger partial charge in [-0.05, 0) is 45.5 Å². The van der Waals surface area contributed by atoms with Gasteiger partial charge in [-0.3, -0.25) is 5.32 Å². The lowest BCUT2D eigenvalue weighted by Gasteiger charge is -2.20. The van der Waals surface area contributed by atoms with Crippen molar-refractivity contribution < 1.29 is 9.53 Å². The van der Waals surface area contributed by atoms with Crippen LogP contribution in [0.1, 0.15) is 32.8 Å². The molecule has 1 heterocycles. The Labute approximate surface area is 155 Å². The number of ether oxygens (including phenoxy) is 1. The number of rotatable bonds is 6. The zero-order chi connectivity index (χ0) is 17.6. The van der Waals surface area contributed by atoms with Gasteiger partial charge in [0.25, 0.3) is 0 Å². The molecule has 0 bridgehead atoms. The Morgan fingerprint density at radius 2 is 2.17 bits per heavy atom. The van der Waals surface area contributed by atoms with Gasteiger partial charge in [0.05, 0.1) is 11.1 Å². The molecule has 0 unspecified atom stereocenters. The molecule has 2 amide bonds. The number of anilines is 1. The first-order valence-electron chi connectivity index (χ1n) is 7.73. The van der Waals surface area contributed by atoms with Crippen molar-refractivity contribution in [1.82, 2.24) is 10.3 Å². The quantitative estimate of drug-likeness (QED) is 0.671. The third kappa shape index (κ3) is 5.79. The van der Waals surface area contributed by atoms with E-state index in [1.54, 1.807) is 6.20 Å². The summed E-state index contributed by atoms with van der Waals surface area (Å²) in [5, 5.41) is 7.85. The maximum absolute atomic E-state index is 11.6. The topological polar surface area (TPSA) is 63.2 Å². The number of carbonyl (C=O) groups excluding carboxylic acids is 1. The fourth-order valence-corrected chi connectivity index (χ4v) is 2.98. The molecular weight excluding hydrogens is 390 g/mol. The van der Waals surface area contributed by atoms with Gasteiger partial charge in [0.15, 0.2) is 5.13 Å². The molecule has 1 aromatic heterocycles. The standard InChI is InChI=1S/C17H22BrN3O2S/c1-17(2,3)12-5-6-14(13(18)11-12)23-9-4-7-19-15(22)21-16-20-8-10-24-16/h5-6,8,10-11H,4,7,9H2,1-3H3,(H2,19,20,21,22). The van der Waals surface area contributed by atoms with Crippen LogP contribution in [0.3, 0.4) is 0 Å². The number of aromatic nitrogens is 1. The van der Waals surface area contributed by atoms with E-state index in [1.165, 1.54) is 16.9 Å². The first-order chi connectivity index (χ1) is 11.4. The largest absolute Gasteiger partial charge is 0.492 e. The van der Waals surface area contributed by atoms with E-state index >= 15 is 0 Å². The van der Waals surface area contributed by atoms with E-state index in [4.69, 9.17) is 4.74 Å². The lowest BCUT2D eigenvalue weighted by molar-refractivity contribution is 0.250. The normalized spacial score (nSPS) is 11.2. The highest BCUT2D eigenvalue weighted by Gasteiger charge is 2.15. The third-order valence-corrected chi connectivity index (χ3v) is 4.62. The summed E-state index contributed by atoms with van der Waals surface area (Å²) in [5.41, 5.74) is 1.36. The molecule has 0 aliphatic heterocycles. The second-order valence-electron chi connectivity index (χ2n) is 6.32. The first-order valence-corrected chi connectivity index (χ1v) is 9.41. The molecule has 0 atom stereocenters. The highest BCUT2D eigenvalue weighted by atomic mass is 79.9. The monoisotopic (exact) mass is 411 g/mol. The Balaban J connectivity index is 1.70. The van der Waals surface area contributed by atoms with Crippen LogP contribution in [-0.4, -0.2) is 24.2 Å². The molecule has 7 heteroatoms. The summed E-state index contributed by atoms with van der Waals surface area (Å²) in [6, 6.07) is 5.91. The maximum atomic E-state index is 11.6. The van der Waals surface area contributed by atoms with Crippen molar-refractivity contribution in [2.75, 3.05) is 18.5 Å². The van der Waals surface area contributed by atoms with Crippen LogP contribution in [0.4, 0.5) is 9.93 Å². The molecule has 0 saturated heterocycles. The third-order valence-electron chi connectivity index (χ3n) is 3.31. The maximum Gasteiger partial charge on any atom is 0.321 e. The van der Waals surface area contributed by atoms with E-state index in [-0.39, 0.29) is 11.4 Å². The molecule has 2 aromatic rings. The predicted molar refractivity (Wildman–Crippen MR) is 102 cm³/mol. The molecule has 1 aromatic carbocycles. The van der Waals surface area contributed by atoms with E-state index in [9.17, 15) is 4.79 Å². The van der Waals surface area contributed by atoms with Gasteiger partial charge in [0, 0.05) is 18.1 Å². The molecule has 0 radical (unpaired) electrons. The minimum Gasteiger partial charge on any atom is -0.492 e. The summed E-state index contributed by atoms with van der Waals surface area (Å²) < 4.78 is 6.71. The summed E-state index contributed by atoms with van der Waals surface area (Å²) in [7, 11) is 0. The number of urea groups is 1. The number of halogens is 1. The lowest BCUT2D eigenvalue weighted by Crippen LogP contribution is -2.30. The predicted octanol–water partition coefficient (Wildman–Crippen LogP) is 4.79. The van der Waals surface area contributed by atoms with Gasteiger partial charge in [-0.25, -0.2) is 9.78 Å². The van der Waals surface area contributed by atoms with Crippen molar-refractivity contribution in [2.45, 2.75) is 32.6 Å². The van der Waals surface area contributed by atoms with Gasteiger partial charge in [-0.2, -0.15) is 0 Å². The number of hydrogen-bond acceptors (Lipinski definition) is 4. The smallest absolute Gasteiger partial charge is 0.321 e. The zero-order valence-electron chi connectivity index (χ0n) is 14.1. The number of thiazole rings is 1. The molecule has 130 valence electrons. The number of nitrogens with one attached hydrogen (secondary N) is 2. The average molecular weight is 412 g/mol. The van der Waals surface area contributed by atoms with Crippen molar-refractivity contribution in [2.24, 2.45) is 0 Å². The van der Waals surface area contributed by atoms with Crippen molar-refractivity contribution in [3.8, 4) is 5.75 Å². The van der Waals surface area contributed by atoms with Crippen molar-refractivity contribution in [1.29, 1.82) is 0 Å². The van der Waals surface area contributed by atoms with Crippen molar-refractivity contribution >= 4 is 38.4 Å². The van der Waals surface area contributed by atoms with E-state index in [2.05, 4.69) is 64.5 Å². The summed E-state index contributed by atoms with van der Waals surface area (Å²) >= 11 is 4.94. The summed E-state index contributed by atoms with van der Waals surface area (Å²) in [4.78, 5) is 15.6. The number of carbonyl (C=O) groups is 1. The second kappa shape index (κ2) is 8.48. The minimum atomic E-state index is -0.249. The summed E-state index contributed by atoms with van der Waals surface area (Å²) in [6.07, 6.45) is 2.37. The van der Waals surface area contributed by atoms with Crippen molar-refractivity contribution in [3.63, 3.8) is 0 Å². The van der Waals surface area contributed by atoms with E-state index in [0.717, 1.165) is 16.6 Å². The number of nitrogens with zero attached hydrogens (tertiary/aromatic N) is 1. The van der Waals surface area contributed by atoms with Crippen LogP contribution >= 0.6 is 27.3 Å². The van der Waals surface area contributed by atoms with E-state index in [0.29, 0.717) is 18.3 Å². The van der Waals surface area contributed by atoms with Crippen molar-refractivity contribution in [3.05, 3.63) is 39.8 Å².